The molecule has 1 heterocycles. The van der Waals surface area contributed by atoms with E-state index < -0.39 is 0 Å². The Bertz CT molecular complexity index is 613. The molecule has 0 saturated heterocycles. The van der Waals surface area contributed by atoms with Crippen LogP contribution in [-0.4, -0.2) is 29.8 Å². The third-order valence-corrected chi connectivity index (χ3v) is 3.87. The van der Waals surface area contributed by atoms with E-state index in [1.165, 1.54) is 0 Å². The molecule has 0 aliphatic heterocycles. The molecule has 1 aromatic heterocycles. The zero-order chi connectivity index (χ0) is 15.4. The molecule has 2 aromatic rings. The van der Waals surface area contributed by atoms with Gasteiger partial charge in [-0.15, -0.1) is 0 Å². The minimum Gasteiger partial charge on any atom is -0.507 e. The van der Waals surface area contributed by atoms with Crippen molar-refractivity contribution < 1.29 is 14.3 Å². The molecule has 0 fully saturated rings. The molecule has 0 saturated carbocycles. The van der Waals surface area contributed by atoms with Gasteiger partial charge in [-0.1, -0.05) is 6.07 Å². The summed E-state index contributed by atoms with van der Waals surface area (Å²) < 4.78 is 11.2. The molecular weight excluding hydrogens is 280 g/mol. The maximum Gasteiger partial charge on any atom is 0.232 e. The molecule has 1 aliphatic rings. The van der Waals surface area contributed by atoms with Crippen molar-refractivity contribution in [3.05, 3.63) is 29.7 Å². The number of nitrogens with one attached hydrogen (secondary N) is 1. The Morgan fingerprint density at radius 2 is 2.18 bits per heavy atom. The van der Waals surface area contributed by atoms with Crippen LogP contribution in [0.4, 0.5) is 5.69 Å². The van der Waals surface area contributed by atoms with Gasteiger partial charge < -0.3 is 19.6 Å². The van der Waals surface area contributed by atoms with Crippen molar-refractivity contribution in [2.75, 3.05) is 25.1 Å². The zero-order valence-corrected chi connectivity index (χ0v) is 12.9. The summed E-state index contributed by atoms with van der Waals surface area (Å²) in [4.78, 5) is 4.59. The minimum absolute atomic E-state index is 0.181. The lowest BCUT2D eigenvalue weighted by atomic mass is 10.0. The Labute approximate surface area is 130 Å². The Morgan fingerprint density at radius 3 is 3.00 bits per heavy atom. The Morgan fingerprint density at radius 1 is 1.32 bits per heavy atom. The molecule has 1 aliphatic carbocycles. The van der Waals surface area contributed by atoms with Crippen molar-refractivity contribution in [1.82, 2.24) is 4.98 Å². The molecule has 5 nitrogen and oxygen atoms in total. The highest BCUT2D eigenvalue weighted by molar-refractivity contribution is 5.78. The monoisotopic (exact) mass is 302 g/mol. The lowest BCUT2D eigenvalue weighted by Gasteiger charge is -2.11. The zero-order valence-electron chi connectivity index (χ0n) is 12.9. The third kappa shape index (κ3) is 3.09. The Hall–Kier alpha value is -2.01. The van der Waals surface area contributed by atoms with Crippen LogP contribution in [-0.2, 0) is 17.6 Å². The van der Waals surface area contributed by atoms with Crippen LogP contribution in [0.25, 0.3) is 11.5 Å². The topological polar surface area (TPSA) is 67.5 Å². The van der Waals surface area contributed by atoms with Crippen LogP contribution in [0.1, 0.15) is 31.2 Å². The average Bonchev–Trinajstić information content (AvgIpc) is 2.95. The molecule has 1 aromatic carbocycles. The van der Waals surface area contributed by atoms with Crippen molar-refractivity contribution in [2.24, 2.45) is 0 Å². The summed E-state index contributed by atoms with van der Waals surface area (Å²) in [7, 11) is 0. The highest BCUT2D eigenvalue weighted by Gasteiger charge is 2.21. The number of ether oxygens (including phenoxy) is 1. The molecule has 0 atom stereocenters. The number of fused-ring (bicyclic) bond motifs is 1. The van der Waals surface area contributed by atoms with Crippen molar-refractivity contribution in [1.29, 1.82) is 0 Å². The fraction of sp³-hybridized carbons (Fsp3) is 0.471. The van der Waals surface area contributed by atoms with Crippen LogP contribution < -0.4 is 5.32 Å². The first kappa shape index (κ1) is 14.9. The van der Waals surface area contributed by atoms with Gasteiger partial charge >= 0.3 is 0 Å². The van der Waals surface area contributed by atoms with Gasteiger partial charge in [0, 0.05) is 19.6 Å². The lowest BCUT2D eigenvalue weighted by Crippen LogP contribution is -2.09. The fourth-order valence-corrected chi connectivity index (χ4v) is 2.77. The van der Waals surface area contributed by atoms with Crippen LogP contribution in [0.2, 0.25) is 0 Å². The minimum atomic E-state index is 0.181. The summed E-state index contributed by atoms with van der Waals surface area (Å²) in [6, 6.07) is 5.39. The Kier molecular flexibility index (Phi) is 4.63. The number of phenols is 1. The van der Waals surface area contributed by atoms with Gasteiger partial charge in [-0.05, 0) is 38.3 Å². The van der Waals surface area contributed by atoms with E-state index >= 15 is 0 Å². The summed E-state index contributed by atoms with van der Waals surface area (Å²) in [6.45, 7) is 3.95. The predicted octanol–water partition coefficient (Wildman–Crippen LogP) is 3.37. The van der Waals surface area contributed by atoms with Gasteiger partial charge in [0.15, 0.2) is 0 Å². The summed E-state index contributed by atoms with van der Waals surface area (Å²) >= 11 is 0. The van der Waals surface area contributed by atoms with Crippen molar-refractivity contribution in [2.45, 2.75) is 32.6 Å². The first-order valence-electron chi connectivity index (χ1n) is 7.92. The molecule has 2 N–H and O–H groups in total. The van der Waals surface area contributed by atoms with Gasteiger partial charge in [0.25, 0.3) is 0 Å². The summed E-state index contributed by atoms with van der Waals surface area (Å²) in [5, 5.41) is 13.5. The van der Waals surface area contributed by atoms with Gasteiger partial charge in [0.1, 0.15) is 17.1 Å². The van der Waals surface area contributed by atoms with Crippen molar-refractivity contribution in [3.8, 4) is 17.2 Å². The van der Waals surface area contributed by atoms with Crippen LogP contribution in [0.5, 0.6) is 5.75 Å². The second-order valence-corrected chi connectivity index (χ2v) is 5.42. The molecule has 0 spiro atoms. The maximum absolute atomic E-state index is 10.2. The summed E-state index contributed by atoms with van der Waals surface area (Å²) in [5.41, 5.74) is 2.48. The second kappa shape index (κ2) is 6.83. The average molecular weight is 302 g/mol. The molecule has 118 valence electrons. The maximum atomic E-state index is 10.2. The number of hydrogen-bond acceptors (Lipinski definition) is 5. The Balaban J connectivity index is 1.87. The number of rotatable bonds is 6. The number of oxazole rings is 1. The van der Waals surface area contributed by atoms with Gasteiger partial charge in [0.05, 0.1) is 18.0 Å². The highest BCUT2D eigenvalue weighted by atomic mass is 16.5. The van der Waals surface area contributed by atoms with Gasteiger partial charge in [-0.25, -0.2) is 4.98 Å². The molecular formula is C17H22N2O3. The summed E-state index contributed by atoms with van der Waals surface area (Å²) in [5.74, 6) is 1.65. The largest absolute Gasteiger partial charge is 0.507 e. The van der Waals surface area contributed by atoms with Crippen LogP contribution in [0.3, 0.4) is 0 Å². The highest BCUT2D eigenvalue weighted by Crippen LogP contribution is 2.37. The number of anilines is 1. The number of aryl methyl sites for hydroxylation is 2. The van der Waals surface area contributed by atoms with Crippen molar-refractivity contribution in [3.63, 3.8) is 0 Å². The molecule has 3 rings (SSSR count). The molecule has 0 amide bonds. The van der Waals surface area contributed by atoms with E-state index in [0.717, 1.165) is 42.8 Å². The van der Waals surface area contributed by atoms with Crippen LogP contribution in [0, 0.1) is 0 Å². The first-order chi connectivity index (χ1) is 10.8. The van der Waals surface area contributed by atoms with Gasteiger partial charge in [-0.3, -0.25) is 0 Å². The smallest absolute Gasteiger partial charge is 0.232 e. The third-order valence-electron chi connectivity index (χ3n) is 3.87. The van der Waals surface area contributed by atoms with E-state index in [-0.39, 0.29) is 5.75 Å². The summed E-state index contributed by atoms with van der Waals surface area (Å²) in [6.07, 6.45) is 4.18. The number of nitrogens with zero attached hydrogens (tertiary/aromatic N) is 1. The van der Waals surface area contributed by atoms with Crippen LogP contribution >= 0.6 is 0 Å². The lowest BCUT2D eigenvalue weighted by molar-refractivity contribution is 0.158. The van der Waals surface area contributed by atoms with E-state index in [1.54, 1.807) is 6.07 Å². The standard InChI is InChI=1S/C17H22N2O3/c1-2-21-11-10-18-13-7-5-8-14(20)16(13)17-19-12-6-3-4-9-15(12)22-17/h5,7-8,18,20H,2-4,6,9-11H2,1H3. The number of aromatic hydroxyl groups is 1. The van der Waals surface area contributed by atoms with E-state index in [2.05, 4.69) is 10.3 Å². The SMILES string of the molecule is CCOCCNc1cccc(O)c1-c1nc2c(o1)CCCC2. The quantitative estimate of drug-likeness (QED) is 0.801. The molecule has 0 radical (unpaired) electrons. The molecule has 22 heavy (non-hydrogen) atoms. The number of aromatic nitrogens is 1. The van der Waals surface area contributed by atoms with E-state index in [4.69, 9.17) is 9.15 Å². The first-order valence-corrected chi connectivity index (χ1v) is 7.92. The number of phenolic OH excluding ortho intramolecular Hbond substituents is 1. The van der Waals surface area contributed by atoms with Gasteiger partial charge in [0.2, 0.25) is 5.89 Å². The normalized spacial score (nSPS) is 13.9. The van der Waals surface area contributed by atoms with E-state index in [1.807, 2.05) is 19.1 Å². The van der Waals surface area contributed by atoms with Crippen LogP contribution in [0.15, 0.2) is 22.6 Å². The fourth-order valence-electron chi connectivity index (χ4n) is 2.77. The number of hydrogen-bond donors (Lipinski definition) is 2. The molecule has 5 heteroatoms. The molecule has 0 unspecified atom stereocenters. The van der Waals surface area contributed by atoms with Crippen molar-refractivity contribution >= 4 is 5.69 Å². The molecule has 0 bridgehead atoms. The van der Waals surface area contributed by atoms with E-state index in [9.17, 15) is 5.11 Å². The predicted molar refractivity (Wildman–Crippen MR) is 85.2 cm³/mol. The second-order valence-electron chi connectivity index (χ2n) is 5.42. The van der Waals surface area contributed by atoms with E-state index in [0.29, 0.717) is 31.2 Å². The van der Waals surface area contributed by atoms with Gasteiger partial charge in [-0.2, -0.15) is 0 Å². The number of benzene rings is 1.